The Hall–Kier alpha value is -5.15. The molecule has 0 unspecified atom stereocenters. The maximum Gasteiger partial charge on any atom is 0.323 e. The van der Waals surface area contributed by atoms with E-state index in [-0.39, 0.29) is 43.3 Å². The van der Waals surface area contributed by atoms with Crippen LogP contribution in [0, 0.1) is 18.6 Å². The first-order valence-electron chi connectivity index (χ1n) is 13.4. The van der Waals surface area contributed by atoms with Gasteiger partial charge in [0.2, 0.25) is 0 Å². The van der Waals surface area contributed by atoms with Crippen LogP contribution in [0.1, 0.15) is 15.2 Å². The number of aryl methyl sites for hydroxylation is 1. The van der Waals surface area contributed by atoms with E-state index in [1.54, 1.807) is 25.1 Å². The van der Waals surface area contributed by atoms with Crippen molar-refractivity contribution in [3.8, 4) is 11.5 Å². The standard InChI is InChI=1S/C30H29F2N5O7S/c1-17-4-6-19(31)22(12-17)36-30(41)35-21-7-5-18(13-20(21)32)44-24-8-9-33-23-14-25(45-28(23)24)29(40)34-10-11-37(15-26(38)42-2)16-27(39)43-3/h4-9,12-14H,10-11,15-16H2,1-3H3,(H,34,40)(H2,35,36,41). The highest BCUT2D eigenvalue weighted by Crippen LogP contribution is 2.35. The summed E-state index contributed by atoms with van der Waals surface area (Å²) >= 11 is 1.11. The highest BCUT2D eigenvalue weighted by Gasteiger charge is 2.18. The summed E-state index contributed by atoms with van der Waals surface area (Å²) in [5, 5.41) is 7.43. The van der Waals surface area contributed by atoms with Gasteiger partial charge in [0.25, 0.3) is 5.91 Å². The zero-order valence-electron chi connectivity index (χ0n) is 24.4. The fourth-order valence-electron chi connectivity index (χ4n) is 4.03. The summed E-state index contributed by atoms with van der Waals surface area (Å²) in [6, 6.07) is 10.3. The summed E-state index contributed by atoms with van der Waals surface area (Å²) in [6.07, 6.45) is 1.48. The van der Waals surface area contributed by atoms with Gasteiger partial charge in [-0.05, 0) is 42.8 Å². The molecule has 4 rings (SSSR count). The highest BCUT2D eigenvalue weighted by molar-refractivity contribution is 7.21. The minimum Gasteiger partial charge on any atom is -0.468 e. The second kappa shape index (κ2) is 15.0. The van der Waals surface area contributed by atoms with Crippen molar-refractivity contribution in [3.05, 3.63) is 76.8 Å². The Balaban J connectivity index is 1.39. The number of thiophene rings is 1. The zero-order chi connectivity index (χ0) is 32.5. The van der Waals surface area contributed by atoms with E-state index in [2.05, 4.69) is 30.4 Å². The third-order valence-corrected chi connectivity index (χ3v) is 7.40. The van der Waals surface area contributed by atoms with Gasteiger partial charge in [-0.25, -0.2) is 13.6 Å². The van der Waals surface area contributed by atoms with Crippen molar-refractivity contribution < 1.29 is 42.2 Å². The number of nitrogens with one attached hydrogen (secondary N) is 3. The summed E-state index contributed by atoms with van der Waals surface area (Å²) in [7, 11) is 2.46. The van der Waals surface area contributed by atoms with Gasteiger partial charge in [-0.15, -0.1) is 11.3 Å². The number of ether oxygens (including phenoxy) is 3. The second-order valence-electron chi connectivity index (χ2n) is 9.56. The molecule has 0 bridgehead atoms. The van der Waals surface area contributed by atoms with Crippen molar-refractivity contribution in [1.82, 2.24) is 15.2 Å². The number of esters is 2. The molecular formula is C30H29F2N5O7S. The number of nitrogens with zero attached hydrogens (tertiary/aromatic N) is 2. The van der Waals surface area contributed by atoms with Gasteiger partial charge in [-0.2, -0.15) is 0 Å². The van der Waals surface area contributed by atoms with Crippen molar-refractivity contribution in [2.45, 2.75) is 6.92 Å². The molecule has 0 saturated heterocycles. The predicted octanol–water partition coefficient (Wildman–Crippen LogP) is 4.70. The lowest BCUT2D eigenvalue weighted by atomic mass is 10.2. The Bertz CT molecular complexity index is 1710. The molecule has 0 radical (unpaired) electrons. The summed E-state index contributed by atoms with van der Waals surface area (Å²) < 4.78 is 44.5. The normalized spacial score (nSPS) is 10.8. The van der Waals surface area contributed by atoms with Crippen LogP contribution in [0.15, 0.2) is 54.7 Å². The maximum atomic E-state index is 14.9. The van der Waals surface area contributed by atoms with Crippen LogP contribution < -0.4 is 20.7 Å². The van der Waals surface area contributed by atoms with Gasteiger partial charge in [0.15, 0.2) is 0 Å². The molecule has 3 amide bonds. The summed E-state index contributed by atoms with van der Waals surface area (Å²) in [5.74, 6) is -2.48. The van der Waals surface area contributed by atoms with Gasteiger partial charge >= 0.3 is 18.0 Å². The van der Waals surface area contributed by atoms with Crippen molar-refractivity contribution in [2.75, 3.05) is 51.0 Å². The predicted molar refractivity (Wildman–Crippen MR) is 163 cm³/mol. The van der Waals surface area contributed by atoms with E-state index in [9.17, 15) is 28.0 Å². The van der Waals surface area contributed by atoms with E-state index >= 15 is 0 Å². The topological polar surface area (TPSA) is 148 Å². The van der Waals surface area contributed by atoms with Crippen LogP contribution in [0.3, 0.4) is 0 Å². The molecule has 0 saturated carbocycles. The Morgan fingerprint density at radius 1 is 0.889 bits per heavy atom. The molecule has 2 aromatic carbocycles. The number of pyridine rings is 1. The number of rotatable bonds is 12. The minimum absolute atomic E-state index is 0.0438. The van der Waals surface area contributed by atoms with Gasteiger partial charge in [-0.1, -0.05) is 6.07 Å². The molecule has 0 spiro atoms. The number of carbonyl (C=O) groups is 4. The van der Waals surface area contributed by atoms with E-state index in [1.807, 2.05) is 0 Å². The van der Waals surface area contributed by atoms with Crippen LogP contribution in [0.25, 0.3) is 10.2 Å². The Kier molecular flexibility index (Phi) is 10.9. The number of methoxy groups -OCH3 is 2. The van der Waals surface area contributed by atoms with Crippen molar-refractivity contribution >= 4 is 56.8 Å². The first kappa shape index (κ1) is 32.8. The zero-order valence-corrected chi connectivity index (χ0v) is 25.3. The first-order valence-corrected chi connectivity index (χ1v) is 14.2. The molecule has 0 aliphatic heterocycles. The smallest absolute Gasteiger partial charge is 0.323 e. The molecule has 12 nitrogen and oxygen atoms in total. The number of halogens is 2. The van der Waals surface area contributed by atoms with Gasteiger partial charge in [0.1, 0.15) is 23.1 Å². The number of hydrogen-bond acceptors (Lipinski definition) is 10. The van der Waals surface area contributed by atoms with E-state index < -0.39 is 35.5 Å². The lowest BCUT2D eigenvalue weighted by molar-refractivity contribution is -0.145. The molecular weight excluding hydrogens is 612 g/mol. The number of anilines is 2. The SMILES string of the molecule is COC(=O)CN(CCNC(=O)c1cc2nccc(Oc3ccc(NC(=O)Nc4cc(C)ccc4F)c(F)c3)c2s1)CC(=O)OC. The minimum atomic E-state index is -0.827. The van der Waals surface area contributed by atoms with Crippen LogP contribution in [-0.2, 0) is 19.1 Å². The maximum absolute atomic E-state index is 14.9. The lowest BCUT2D eigenvalue weighted by Gasteiger charge is -2.19. The number of benzene rings is 2. The number of amides is 3. The fourth-order valence-corrected chi connectivity index (χ4v) is 5.01. The molecule has 2 heterocycles. The molecule has 3 N–H and O–H groups in total. The van der Waals surface area contributed by atoms with Crippen molar-refractivity contribution in [2.24, 2.45) is 0 Å². The van der Waals surface area contributed by atoms with Crippen LogP contribution in [-0.4, -0.2) is 74.2 Å². The molecule has 0 aliphatic rings. The Morgan fingerprint density at radius 2 is 1.60 bits per heavy atom. The van der Waals surface area contributed by atoms with Gasteiger partial charge < -0.3 is 30.2 Å². The van der Waals surface area contributed by atoms with Gasteiger partial charge in [-0.3, -0.25) is 24.3 Å². The largest absolute Gasteiger partial charge is 0.468 e. The summed E-state index contributed by atoms with van der Waals surface area (Å²) in [5.41, 5.74) is 1.01. The lowest BCUT2D eigenvalue weighted by Crippen LogP contribution is -2.40. The number of aromatic nitrogens is 1. The van der Waals surface area contributed by atoms with Crippen molar-refractivity contribution in [1.29, 1.82) is 0 Å². The van der Waals surface area contributed by atoms with Crippen LogP contribution in [0.5, 0.6) is 11.5 Å². The first-order chi connectivity index (χ1) is 21.6. The molecule has 0 fully saturated rings. The number of fused-ring (bicyclic) bond motifs is 1. The molecule has 0 aliphatic carbocycles. The number of urea groups is 1. The van der Waals surface area contributed by atoms with E-state index in [4.69, 9.17) is 4.74 Å². The highest BCUT2D eigenvalue weighted by atomic mass is 32.1. The number of hydrogen-bond donors (Lipinski definition) is 3. The van der Waals surface area contributed by atoms with Gasteiger partial charge in [0.05, 0.1) is 53.8 Å². The molecule has 45 heavy (non-hydrogen) atoms. The molecule has 236 valence electrons. The van der Waals surface area contributed by atoms with Crippen LogP contribution in [0.2, 0.25) is 0 Å². The van der Waals surface area contributed by atoms with Gasteiger partial charge in [0, 0.05) is 31.4 Å². The number of carbonyl (C=O) groups excluding carboxylic acids is 4. The summed E-state index contributed by atoms with van der Waals surface area (Å²) in [4.78, 5) is 54.6. The fraction of sp³-hybridized carbons (Fsp3) is 0.233. The van der Waals surface area contributed by atoms with Crippen LogP contribution >= 0.6 is 11.3 Å². The molecule has 0 atom stereocenters. The van der Waals surface area contributed by atoms with E-state index in [1.165, 1.54) is 49.6 Å². The molecule has 15 heteroatoms. The average Bonchev–Trinajstić information content (AvgIpc) is 3.46. The Labute approximate surface area is 260 Å². The van der Waals surface area contributed by atoms with E-state index in [0.29, 0.717) is 20.8 Å². The Morgan fingerprint density at radius 3 is 2.29 bits per heavy atom. The average molecular weight is 642 g/mol. The molecule has 2 aromatic heterocycles. The third-order valence-electron chi connectivity index (χ3n) is 6.26. The quantitative estimate of drug-likeness (QED) is 0.187. The van der Waals surface area contributed by atoms with E-state index in [0.717, 1.165) is 23.0 Å². The third kappa shape index (κ3) is 8.93. The monoisotopic (exact) mass is 641 g/mol. The van der Waals surface area contributed by atoms with Crippen molar-refractivity contribution in [3.63, 3.8) is 0 Å². The summed E-state index contributed by atoms with van der Waals surface area (Å²) in [6.45, 7) is 1.72. The second-order valence-corrected chi connectivity index (χ2v) is 10.6. The van der Waals surface area contributed by atoms with Crippen LogP contribution in [0.4, 0.5) is 25.0 Å². The molecule has 4 aromatic rings.